The first-order valence-electron chi connectivity index (χ1n) is 3.81. The van der Waals surface area contributed by atoms with Crippen LogP contribution in [0, 0.1) is 6.92 Å². The molecule has 15 heavy (non-hydrogen) atoms. The molecule has 0 aromatic heterocycles. The molecule has 1 nitrogen and oxygen atoms in total. The fourth-order valence-electron chi connectivity index (χ4n) is 1.01. The number of carbonyl (C=O) groups is 1. The zero-order valence-electron chi connectivity index (χ0n) is 7.45. The average Bonchev–Trinajstić information content (AvgIpc) is 2.10. The summed E-state index contributed by atoms with van der Waals surface area (Å²) in [7, 11) is 0. The van der Waals surface area contributed by atoms with E-state index in [2.05, 4.69) is 0 Å². The molecule has 0 spiro atoms. The van der Waals surface area contributed by atoms with Crippen LogP contribution in [0.15, 0.2) is 12.1 Å². The van der Waals surface area contributed by atoms with Crippen LogP contribution in [0.25, 0.3) is 0 Å². The molecule has 1 aromatic rings. The van der Waals surface area contributed by atoms with Crippen LogP contribution in [-0.4, -0.2) is 12.0 Å². The molecule has 0 aliphatic carbocycles. The van der Waals surface area contributed by atoms with E-state index in [1.54, 1.807) is 0 Å². The Morgan fingerprint density at radius 3 is 2.27 bits per heavy atom. The van der Waals surface area contributed by atoms with Crippen molar-refractivity contribution in [3.8, 4) is 0 Å². The van der Waals surface area contributed by atoms with Crippen molar-refractivity contribution >= 4 is 29.0 Å². The fourth-order valence-corrected chi connectivity index (χ4v) is 1.55. The Bertz CT molecular complexity index is 413. The summed E-state index contributed by atoms with van der Waals surface area (Å²) in [5, 5.41) is -0.558. The summed E-state index contributed by atoms with van der Waals surface area (Å²) in [6.45, 7) is 1.49. The van der Waals surface area contributed by atoms with E-state index in [-0.39, 0.29) is 10.0 Å². The minimum atomic E-state index is -4.97. The highest BCUT2D eigenvalue weighted by molar-refractivity contribution is 6.40. The van der Waals surface area contributed by atoms with Crippen molar-refractivity contribution in [1.29, 1.82) is 0 Å². The summed E-state index contributed by atoms with van der Waals surface area (Å²) >= 11 is 11.1. The average molecular weight is 257 g/mol. The second-order valence-corrected chi connectivity index (χ2v) is 3.67. The number of alkyl halides is 3. The topological polar surface area (TPSA) is 17.1 Å². The van der Waals surface area contributed by atoms with Gasteiger partial charge in [0.05, 0.1) is 15.6 Å². The second kappa shape index (κ2) is 4.02. The van der Waals surface area contributed by atoms with Gasteiger partial charge in [0.2, 0.25) is 0 Å². The Balaban J connectivity index is 3.38. The van der Waals surface area contributed by atoms with E-state index in [4.69, 9.17) is 23.2 Å². The van der Waals surface area contributed by atoms with Gasteiger partial charge in [-0.2, -0.15) is 13.2 Å². The third-order valence-corrected chi connectivity index (χ3v) is 2.57. The van der Waals surface area contributed by atoms with Crippen molar-refractivity contribution in [3.63, 3.8) is 0 Å². The quantitative estimate of drug-likeness (QED) is 0.693. The van der Waals surface area contributed by atoms with Crippen LogP contribution in [0.3, 0.4) is 0 Å². The van der Waals surface area contributed by atoms with E-state index in [1.165, 1.54) is 19.1 Å². The van der Waals surface area contributed by atoms with Gasteiger partial charge in [-0.1, -0.05) is 29.3 Å². The van der Waals surface area contributed by atoms with Crippen LogP contribution in [-0.2, 0) is 0 Å². The minimum Gasteiger partial charge on any atom is -0.284 e. The van der Waals surface area contributed by atoms with Crippen LogP contribution in [0.4, 0.5) is 13.2 Å². The largest absolute Gasteiger partial charge is 0.454 e. The molecule has 0 aliphatic heterocycles. The molecular formula is C9H5Cl2F3O. The molecule has 0 saturated heterocycles. The zero-order valence-corrected chi connectivity index (χ0v) is 8.96. The zero-order chi connectivity index (χ0) is 11.8. The van der Waals surface area contributed by atoms with Gasteiger partial charge in [-0.15, -0.1) is 0 Å². The lowest BCUT2D eigenvalue weighted by atomic mass is 10.1. The fraction of sp³-hybridized carbons (Fsp3) is 0.222. The number of hydrogen-bond donors (Lipinski definition) is 0. The van der Waals surface area contributed by atoms with Gasteiger partial charge in [-0.25, -0.2) is 0 Å². The summed E-state index contributed by atoms with van der Waals surface area (Å²) in [6, 6.07) is 2.65. The Morgan fingerprint density at radius 2 is 1.80 bits per heavy atom. The van der Waals surface area contributed by atoms with Crippen LogP contribution in [0.1, 0.15) is 15.9 Å². The molecule has 0 fully saturated rings. The first kappa shape index (κ1) is 12.3. The lowest BCUT2D eigenvalue weighted by Crippen LogP contribution is -2.23. The number of ketones is 1. The summed E-state index contributed by atoms with van der Waals surface area (Å²) in [5.41, 5.74) is -0.320. The van der Waals surface area contributed by atoms with E-state index >= 15 is 0 Å². The molecule has 0 atom stereocenters. The standard InChI is InChI=1S/C9H5Cl2F3O/c1-4-2-3-5(10)6(7(4)11)8(15)9(12,13)14/h2-3H,1H3. The first-order valence-corrected chi connectivity index (χ1v) is 4.57. The van der Waals surface area contributed by atoms with E-state index in [0.29, 0.717) is 5.56 Å². The maximum atomic E-state index is 12.2. The molecule has 0 saturated carbocycles. The van der Waals surface area contributed by atoms with Crippen molar-refractivity contribution in [2.24, 2.45) is 0 Å². The Morgan fingerprint density at radius 1 is 1.27 bits per heavy atom. The molecule has 0 amide bonds. The van der Waals surface area contributed by atoms with Gasteiger partial charge in [-0.05, 0) is 18.6 Å². The van der Waals surface area contributed by atoms with Crippen molar-refractivity contribution in [2.75, 3.05) is 0 Å². The third kappa shape index (κ3) is 2.44. The Kier molecular flexibility index (Phi) is 3.31. The lowest BCUT2D eigenvalue weighted by Gasteiger charge is -2.10. The van der Waals surface area contributed by atoms with Gasteiger partial charge < -0.3 is 0 Å². The van der Waals surface area contributed by atoms with Crippen molar-refractivity contribution in [1.82, 2.24) is 0 Å². The van der Waals surface area contributed by atoms with Gasteiger partial charge >= 0.3 is 6.18 Å². The Hall–Kier alpha value is -0.740. The van der Waals surface area contributed by atoms with Crippen LogP contribution in [0.2, 0.25) is 10.0 Å². The van der Waals surface area contributed by atoms with Crippen molar-refractivity contribution in [3.05, 3.63) is 33.3 Å². The number of aryl methyl sites for hydroxylation is 1. The summed E-state index contributed by atoms with van der Waals surface area (Å²) < 4.78 is 36.5. The van der Waals surface area contributed by atoms with Crippen LogP contribution in [0.5, 0.6) is 0 Å². The molecule has 0 heterocycles. The summed E-state index contributed by atoms with van der Waals surface area (Å²) in [6.07, 6.45) is -4.97. The number of carbonyl (C=O) groups excluding carboxylic acids is 1. The predicted octanol–water partition coefficient (Wildman–Crippen LogP) is 4.05. The molecule has 0 unspecified atom stereocenters. The van der Waals surface area contributed by atoms with E-state index < -0.39 is 17.5 Å². The second-order valence-electron chi connectivity index (χ2n) is 2.88. The highest BCUT2D eigenvalue weighted by Crippen LogP contribution is 2.33. The maximum Gasteiger partial charge on any atom is 0.454 e. The number of hydrogen-bond acceptors (Lipinski definition) is 1. The SMILES string of the molecule is Cc1ccc(Cl)c(C(=O)C(F)(F)F)c1Cl. The summed E-state index contributed by atoms with van der Waals surface area (Å²) in [5.74, 6) is -2.03. The first-order chi connectivity index (χ1) is 6.75. The minimum absolute atomic E-state index is 0.259. The molecular weight excluding hydrogens is 252 g/mol. The molecule has 0 N–H and O–H groups in total. The molecule has 0 radical (unpaired) electrons. The molecule has 0 bridgehead atoms. The number of halogens is 5. The monoisotopic (exact) mass is 256 g/mol. The van der Waals surface area contributed by atoms with E-state index in [9.17, 15) is 18.0 Å². The molecule has 6 heteroatoms. The molecule has 82 valence electrons. The highest BCUT2D eigenvalue weighted by atomic mass is 35.5. The number of rotatable bonds is 1. The van der Waals surface area contributed by atoms with Gasteiger partial charge in [0.1, 0.15) is 0 Å². The van der Waals surface area contributed by atoms with E-state index in [0.717, 1.165) is 0 Å². The predicted molar refractivity (Wildman–Crippen MR) is 51.6 cm³/mol. The molecule has 0 aliphatic rings. The van der Waals surface area contributed by atoms with Gasteiger partial charge in [-0.3, -0.25) is 4.79 Å². The van der Waals surface area contributed by atoms with Gasteiger partial charge in [0.25, 0.3) is 5.78 Å². The summed E-state index contributed by atoms with van der Waals surface area (Å²) in [4.78, 5) is 11.0. The maximum absolute atomic E-state index is 12.2. The van der Waals surface area contributed by atoms with Crippen molar-refractivity contribution < 1.29 is 18.0 Å². The number of Topliss-reactive ketones (excluding diaryl/α,β-unsaturated/α-hetero) is 1. The van der Waals surface area contributed by atoms with Crippen LogP contribution < -0.4 is 0 Å². The van der Waals surface area contributed by atoms with Gasteiger partial charge in [0.15, 0.2) is 0 Å². The highest BCUT2D eigenvalue weighted by Gasteiger charge is 2.41. The van der Waals surface area contributed by atoms with Gasteiger partial charge in [0, 0.05) is 0 Å². The molecule has 1 aromatic carbocycles. The molecule has 1 rings (SSSR count). The third-order valence-electron chi connectivity index (χ3n) is 1.77. The van der Waals surface area contributed by atoms with Crippen LogP contribution >= 0.6 is 23.2 Å². The lowest BCUT2D eigenvalue weighted by molar-refractivity contribution is -0.0885. The number of benzene rings is 1. The van der Waals surface area contributed by atoms with E-state index in [1.807, 2.05) is 0 Å². The Labute approximate surface area is 93.8 Å². The smallest absolute Gasteiger partial charge is 0.284 e. The van der Waals surface area contributed by atoms with Crippen molar-refractivity contribution in [2.45, 2.75) is 13.1 Å². The normalized spacial score (nSPS) is 11.6.